The van der Waals surface area contributed by atoms with Gasteiger partial charge < -0.3 is 4.90 Å². The first-order chi connectivity index (χ1) is 11.0. The molecule has 3 nitrogen and oxygen atoms in total. The number of anilines is 1. The number of carbonyl (C=O) groups excluding carboxylic acids is 1. The molecule has 0 N–H and O–H groups in total. The van der Waals surface area contributed by atoms with Crippen molar-refractivity contribution in [3.05, 3.63) is 36.5 Å². The molecule has 1 rings (SSSR count). The average Bonchev–Trinajstić information content (AvgIpc) is 2.52. The predicted molar refractivity (Wildman–Crippen MR) is 86.0 cm³/mol. The van der Waals surface area contributed by atoms with Gasteiger partial charge in [0.1, 0.15) is 14.5 Å². The molecule has 1 aromatic rings. The van der Waals surface area contributed by atoms with Crippen LogP contribution in [0.5, 0.6) is 0 Å². The summed E-state index contributed by atoms with van der Waals surface area (Å²) in [6.07, 6.45) is -5.94. The second-order valence-electron chi connectivity index (χ2n) is 5.44. The van der Waals surface area contributed by atoms with Gasteiger partial charge in [0.2, 0.25) is 12.8 Å². The monoisotopic (exact) mass is 369 g/mol. The molecule has 9 heteroatoms. The van der Waals surface area contributed by atoms with Crippen LogP contribution in [0.3, 0.4) is 0 Å². The predicted octanol–water partition coefficient (Wildman–Crippen LogP) is 4.06. The summed E-state index contributed by atoms with van der Waals surface area (Å²) >= 11 is 0. The van der Waals surface area contributed by atoms with Crippen molar-refractivity contribution in [2.75, 3.05) is 18.8 Å². The third-order valence-corrected chi connectivity index (χ3v) is 6.07. The lowest BCUT2D eigenvalue weighted by atomic mass is 10.2. The van der Waals surface area contributed by atoms with E-state index < -0.39 is 33.4 Å². The zero-order chi connectivity index (χ0) is 19.0. The fourth-order valence-electron chi connectivity index (χ4n) is 1.67. The summed E-state index contributed by atoms with van der Waals surface area (Å²) in [7, 11) is -0.452. The molecule has 0 aliphatic heterocycles. The summed E-state index contributed by atoms with van der Waals surface area (Å²) < 4.78 is 56.7. The van der Waals surface area contributed by atoms with E-state index in [1.54, 1.807) is 18.2 Å². The Balaban J connectivity index is 0.00000118. The van der Waals surface area contributed by atoms with Crippen molar-refractivity contribution in [1.82, 2.24) is 0 Å². The Bertz CT molecular complexity index is 547. The SMILES string of the molecule is C=C[Si](C)(C)c1cccc(N(C)C(=O)CC(F)(F)F)c1.FCOF. The third kappa shape index (κ3) is 7.69. The van der Waals surface area contributed by atoms with Crippen LogP contribution < -0.4 is 10.1 Å². The van der Waals surface area contributed by atoms with Gasteiger partial charge in [-0.25, -0.2) is 4.39 Å². The fraction of sp³-hybridized carbons (Fsp3) is 0.400. The van der Waals surface area contributed by atoms with Gasteiger partial charge >= 0.3 is 6.18 Å². The van der Waals surface area contributed by atoms with Crippen molar-refractivity contribution in [2.24, 2.45) is 0 Å². The van der Waals surface area contributed by atoms with Crippen molar-refractivity contribution < 1.29 is 31.8 Å². The van der Waals surface area contributed by atoms with Crippen LogP contribution in [0.1, 0.15) is 6.42 Å². The Kier molecular flexibility index (Phi) is 8.84. The first-order valence-electron chi connectivity index (χ1n) is 6.85. The molecule has 0 spiro atoms. The van der Waals surface area contributed by atoms with Gasteiger partial charge in [-0.1, -0.05) is 36.1 Å². The number of rotatable bonds is 5. The molecular formula is C15H20F5NO2Si. The standard InChI is InChI=1S/C14H18F3NOSi.CH2F2O/c1-5-20(3,4)12-8-6-7-11(9-12)18(2)13(19)10-14(15,16)17;2-1-4-3/h5-9H,1,10H2,2-4H3;1H2. The summed E-state index contributed by atoms with van der Waals surface area (Å²) in [6.45, 7) is 6.61. The highest BCUT2D eigenvalue weighted by Crippen LogP contribution is 2.22. The highest BCUT2D eigenvalue weighted by molar-refractivity contribution is 6.93. The Morgan fingerprint density at radius 2 is 1.92 bits per heavy atom. The van der Waals surface area contributed by atoms with E-state index in [1.807, 2.05) is 11.8 Å². The smallest absolute Gasteiger partial charge is 0.315 e. The number of amides is 1. The molecule has 0 fully saturated rings. The number of carbonyl (C=O) groups is 1. The number of nitrogens with zero attached hydrogens (tertiary/aromatic N) is 1. The molecule has 0 saturated carbocycles. The summed E-state index contributed by atoms with van der Waals surface area (Å²) in [6, 6.07) is 7.06. The molecule has 24 heavy (non-hydrogen) atoms. The van der Waals surface area contributed by atoms with E-state index in [9.17, 15) is 26.9 Å². The molecule has 1 amide bonds. The molecule has 0 radical (unpaired) electrons. The van der Waals surface area contributed by atoms with Crippen LogP contribution in [0.4, 0.5) is 27.8 Å². The first kappa shape index (κ1) is 22.3. The van der Waals surface area contributed by atoms with Gasteiger partial charge in [-0.05, 0) is 16.7 Å². The second-order valence-corrected chi connectivity index (χ2v) is 9.87. The van der Waals surface area contributed by atoms with E-state index in [0.29, 0.717) is 5.69 Å². The number of benzene rings is 1. The van der Waals surface area contributed by atoms with Gasteiger partial charge in [0.05, 0.1) is 0 Å². The zero-order valence-electron chi connectivity index (χ0n) is 13.7. The normalized spacial score (nSPS) is 11.3. The van der Waals surface area contributed by atoms with Gasteiger partial charge in [0, 0.05) is 12.7 Å². The molecule has 0 atom stereocenters. The van der Waals surface area contributed by atoms with E-state index in [4.69, 9.17) is 0 Å². The molecule has 0 aliphatic rings. The quantitative estimate of drug-likeness (QED) is 0.579. The van der Waals surface area contributed by atoms with Crippen LogP contribution in [-0.4, -0.2) is 34.1 Å². The van der Waals surface area contributed by atoms with Gasteiger partial charge in [-0.2, -0.15) is 18.1 Å². The summed E-state index contributed by atoms with van der Waals surface area (Å²) in [5, 5.41) is 1.02. The molecule has 136 valence electrons. The summed E-state index contributed by atoms with van der Waals surface area (Å²) in [5.74, 6) is -0.965. The molecule has 0 aromatic heterocycles. The van der Waals surface area contributed by atoms with E-state index in [-0.39, 0.29) is 0 Å². The minimum absolute atomic E-state index is 0.471. The van der Waals surface area contributed by atoms with Gasteiger partial charge in [-0.3, -0.25) is 4.79 Å². The molecule has 0 aliphatic carbocycles. The number of alkyl halides is 4. The molecule has 0 unspecified atom stereocenters. The lowest BCUT2D eigenvalue weighted by molar-refractivity contribution is -0.167. The lowest BCUT2D eigenvalue weighted by Crippen LogP contribution is -2.40. The van der Waals surface area contributed by atoms with Gasteiger partial charge in [-0.15, -0.1) is 6.58 Å². The van der Waals surface area contributed by atoms with E-state index in [1.165, 1.54) is 7.05 Å². The van der Waals surface area contributed by atoms with Gasteiger partial charge in [0.15, 0.2) is 0 Å². The topological polar surface area (TPSA) is 29.5 Å². The van der Waals surface area contributed by atoms with Crippen LogP contribution in [0, 0.1) is 0 Å². The Hall–Kier alpha value is -1.74. The van der Waals surface area contributed by atoms with Crippen LogP contribution in [0.15, 0.2) is 36.5 Å². The lowest BCUT2D eigenvalue weighted by Gasteiger charge is -2.23. The summed E-state index contributed by atoms with van der Waals surface area (Å²) in [4.78, 5) is 15.0. The summed E-state index contributed by atoms with van der Waals surface area (Å²) in [5.41, 5.74) is 2.36. The maximum atomic E-state index is 12.3. The van der Waals surface area contributed by atoms with Gasteiger partial charge in [0.25, 0.3) is 0 Å². The van der Waals surface area contributed by atoms with Crippen molar-refractivity contribution >= 4 is 24.9 Å². The highest BCUT2D eigenvalue weighted by atomic mass is 28.3. The minimum atomic E-state index is -4.49. The molecular weight excluding hydrogens is 349 g/mol. The van der Waals surface area contributed by atoms with E-state index >= 15 is 0 Å². The zero-order valence-corrected chi connectivity index (χ0v) is 14.7. The number of halogens is 5. The number of hydrogen-bond donors (Lipinski definition) is 0. The molecule has 0 saturated heterocycles. The molecule has 0 heterocycles. The number of hydrogen-bond acceptors (Lipinski definition) is 2. The van der Waals surface area contributed by atoms with Crippen molar-refractivity contribution in [3.63, 3.8) is 0 Å². The van der Waals surface area contributed by atoms with Crippen molar-refractivity contribution in [2.45, 2.75) is 25.7 Å². The fourth-order valence-corrected chi connectivity index (χ4v) is 2.95. The van der Waals surface area contributed by atoms with Crippen LogP contribution in [0.25, 0.3) is 0 Å². The van der Waals surface area contributed by atoms with Crippen molar-refractivity contribution in [3.8, 4) is 0 Å². The Morgan fingerprint density at radius 1 is 1.38 bits per heavy atom. The Morgan fingerprint density at radius 3 is 2.33 bits per heavy atom. The maximum Gasteiger partial charge on any atom is 0.397 e. The molecule has 1 aromatic carbocycles. The van der Waals surface area contributed by atoms with E-state index in [0.717, 1.165) is 10.1 Å². The Labute approximate surface area is 138 Å². The maximum absolute atomic E-state index is 12.3. The molecule has 0 bridgehead atoms. The average molecular weight is 369 g/mol. The van der Waals surface area contributed by atoms with Crippen LogP contribution in [-0.2, 0) is 9.74 Å². The third-order valence-electron chi connectivity index (χ3n) is 3.25. The largest absolute Gasteiger partial charge is 0.397 e. The van der Waals surface area contributed by atoms with Crippen LogP contribution in [0.2, 0.25) is 13.1 Å². The van der Waals surface area contributed by atoms with Crippen molar-refractivity contribution in [1.29, 1.82) is 0 Å². The highest BCUT2D eigenvalue weighted by Gasteiger charge is 2.33. The first-order valence-corrected chi connectivity index (χ1v) is 9.93. The van der Waals surface area contributed by atoms with E-state index in [2.05, 4.69) is 24.6 Å². The minimum Gasteiger partial charge on any atom is -0.315 e. The van der Waals surface area contributed by atoms with Crippen LogP contribution >= 0.6 is 0 Å². The second kappa shape index (κ2) is 9.53.